The molecule has 0 radical (unpaired) electrons. The van der Waals surface area contributed by atoms with E-state index in [-0.39, 0.29) is 32.6 Å². The first-order valence-electron chi connectivity index (χ1n) is 28.6. The van der Waals surface area contributed by atoms with E-state index < -0.39 is 0 Å². The Morgan fingerprint density at radius 2 is 0.948 bits per heavy atom. The molecule has 0 atom stereocenters. The Hall–Kier alpha value is -5.81. The van der Waals surface area contributed by atoms with Gasteiger partial charge in [0.2, 0.25) is 17.7 Å². The number of aryl methyl sites for hydroxylation is 1. The van der Waals surface area contributed by atoms with Gasteiger partial charge in [-0.1, -0.05) is 183 Å². The molecular formula is C63H104N10O3S. The number of azo groups is 1. The van der Waals surface area contributed by atoms with Gasteiger partial charge < -0.3 is 31.5 Å². The summed E-state index contributed by atoms with van der Waals surface area (Å²) in [6.45, 7) is 19.6. The Morgan fingerprint density at radius 3 is 1.36 bits per heavy atom. The zero-order valence-corrected chi connectivity index (χ0v) is 48.4. The molecule has 0 saturated heterocycles. The van der Waals surface area contributed by atoms with Crippen LogP contribution in [0, 0.1) is 18.3 Å². The Bertz CT molecular complexity index is 2220. The van der Waals surface area contributed by atoms with Crippen LogP contribution in [0.1, 0.15) is 229 Å². The van der Waals surface area contributed by atoms with Crippen molar-refractivity contribution in [3.8, 4) is 6.07 Å². The quantitative estimate of drug-likeness (QED) is 0.0199. The van der Waals surface area contributed by atoms with Crippen LogP contribution >= 0.6 is 11.5 Å². The predicted octanol–water partition coefficient (Wildman–Crippen LogP) is 18.9. The molecule has 1 aromatic heterocycles. The molecule has 0 unspecified atom stereocenters. The van der Waals surface area contributed by atoms with Gasteiger partial charge in [0.25, 0.3) is 0 Å². The third-order valence-electron chi connectivity index (χ3n) is 12.7. The highest BCUT2D eigenvalue weighted by Crippen LogP contribution is 2.34. The van der Waals surface area contributed by atoms with Crippen LogP contribution in [-0.2, 0) is 14.4 Å². The summed E-state index contributed by atoms with van der Waals surface area (Å²) in [7, 11) is 0. The summed E-state index contributed by atoms with van der Waals surface area (Å²) in [4.78, 5) is 38.9. The van der Waals surface area contributed by atoms with Crippen LogP contribution in [0.5, 0.6) is 0 Å². The van der Waals surface area contributed by atoms with E-state index in [2.05, 4.69) is 98.4 Å². The number of hydrogen-bond donors (Lipinski definition) is 4. The van der Waals surface area contributed by atoms with Crippen molar-refractivity contribution >= 4 is 74.1 Å². The molecule has 5 N–H and O–H groups in total. The second-order valence-corrected chi connectivity index (χ2v) is 20.5. The fourth-order valence-corrected chi connectivity index (χ4v) is 9.30. The lowest BCUT2D eigenvalue weighted by Crippen LogP contribution is -2.26. The fourth-order valence-electron chi connectivity index (χ4n) is 8.63. The monoisotopic (exact) mass is 1080 g/mol. The molecular weight excluding hydrogens is 977 g/mol. The van der Waals surface area contributed by atoms with Gasteiger partial charge in [-0.3, -0.25) is 14.4 Å². The maximum atomic E-state index is 12.0. The van der Waals surface area contributed by atoms with Gasteiger partial charge in [0.05, 0.1) is 11.4 Å². The lowest BCUT2D eigenvalue weighted by atomic mass is 10.1. The van der Waals surface area contributed by atoms with Gasteiger partial charge in [-0.05, 0) is 98.7 Å². The Labute approximate surface area is 472 Å². The molecule has 4 rings (SSSR count). The van der Waals surface area contributed by atoms with E-state index in [0.29, 0.717) is 33.3 Å². The van der Waals surface area contributed by atoms with Crippen molar-refractivity contribution < 1.29 is 14.4 Å². The molecule has 3 aromatic carbocycles. The second-order valence-electron chi connectivity index (χ2n) is 19.7. The van der Waals surface area contributed by atoms with Crippen molar-refractivity contribution in [3.63, 3.8) is 0 Å². The van der Waals surface area contributed by atoms with Gasteiger partial charge >= 0.3 is 0 Å². The number of hydrogen-bond acceptors (Lipinski definition) is 11. The fraction of sp³-hybridized carbons (Fsp3) is 0.603. The number of nitriles is 1. The molecule has 0 bridgehead atoms. The van der Waals surface area contributed by atoms with Crippen molar-refractivity contribution in [1.29, 1.82) is 5.26 Å². The first-order valence-corrected chi connectivity index (χ1v) is 29.3. The van der Waals surface area contributed by atoms with Crippen molar-refractivity contribution in [2.75, 3.05) is 57.7 Å². The first-order chi connectivity index (χ1) is 36.3. The summed E-state index contributed by atoms with van der Waals surface area (Å²) >= 11 is 1.15. The van der Waals surface area contributed by atoms with Gasteiger partial charge in [0.15, 0.2) is 5.00 Å². The summed E-state index contributed by atoms with van der Waals surface area (Å²) < 4.78 is 4.20. The normalized spacial score (nSPS) is 10.4. The van der Waals surface area contributed by atoms with Crippen LogP contribution < -0.4 is 31.5 Å². The number of amides is 3. The Kier molecular flexibility index (Phi) is 41.8. The van der Waals surface area contributed by atoms with E-state index in [0.717, 1.165) is 67.6 Å². The smallest absolute Gasteiger partial charge is 0.221 e. The SMILES string of the molecule is C.C.CC(=O)Nc1cccc(N)c1.CCCCCCCCN(CCCCCCCC)c1ccc(N=Nc2snc(C)c2C#N)c(NC(C)=O)c1.CCCCCCCCN(CCCCCCCC)c1cccc(NC(C)=O)c1. The number of nitrogens with zero attached hydrogens (tertiary/aromatic N) is 6. The number of anilines is 6. The molecule has 1 heterocycles. The molecule has 0 aliphatic carbocycles. The first kappa shape index (κ1) is 71.2. The summed E-state index contributed by atoms with van der Waals surface area (Å²) in [6.07, 6.45) is 31.1. The number of nitrogen functional groups attached to an aromatic ring is 1. The highest BCUT2D eigenvalue weighted by Gasteiger charge is 2.14. The topological polar surface area (TPSA) is 181 Å². The van der Waals surface area contributed by atoms with E-state index in [1.807, 2.05) is 18.2 Å². The van der Waals surface area contributed by atoms with Crippen LogP contribution in [0.4, 0.5) is 44.8 Å². The van der Waals surface area contributed by atoms with Crippen molar-refractivity contribution in [2.24, 2.45) is 10.2 Å². The van der Waals surface area contributed by atoms with Gasteiger partial charge in [0.1, 0.15) is 17.3 Å². The minimum atomic E-state index is -0.154. The molecule has 4 aromatic rings. The number of rotatable bonds is 35. The predicted molar refractivity (Wildman–Crippen MR) is 334 cm³/mol. The molecule has 430 valence electrons. The summed E-state index contributed by atoms with van der Waals surface area (Å²) in [6, 6.07) is 23.5. The minimum absolute atomic E-state index is 0. The number of carbonyl (C=O) groups is 3. The van der Waals surface area contributed by atoms with Crippen LogP contribution in [0.15, 0.2) is 77.0 Å². The second kappa shape index (κ2) is 45.2. The molecule has 0 aliphatic heterocycles. The van der Waals surface area contributed by atoms with Gasteiger partial charge in [-0.15, -0.1) is 10.2 Å². The van der Waals surface area contributed by atoms with Gasteiger partial charge in [-0.2, -0.15) is 9.64 Å². The lowest BCUT2D eigenvalue weighted by Gasteiger charge is -2.26. The molecule has 14 heteroatoms. The van der Waals surface area contributed by atoms with Crippen molar-refractivity contribution in [2.45, 2.75) is 224 Å². The average molecular weight is 1080 g/mol. The lowest BCUT2D eigenvalue weighted by molar-refractivity contribution is -0.115. The van der Waals surface area contributed by atoms with E-state index in [9.17, 15) is 19.6 Å². The minimum Gasteiger partial charge on any atom is -0.399 e. The number of aromatic nitrogens is 1. The molecule has 0 fully saturated rings. The maximum absolute atomic E-state index is 12.0. The highest BCUT2D eigenvalue weighted by molar-refractivity contribution is 7.10. The largest absolute Gasteiger partial charge is 0.399 e. The van der Waals surface area contributed by atoms with Crippen LogP contribution in [0.25, 0.3) is 0 Å². The molecule has 0 spiro atoms. The summed E-state index contributed by atoms with van der Waals surface area (Å²) in [5.41, 5.74) is 12.4. The summed E-state index contributed by atoms with van der Waals surface area (Å²) in [5.74, 6) is -0.250. The molecule has 0 aliphatic rings. The third-order valence-corrected chi connectivity index (χ3v) is 13.5. The number of nitrogens with two attached hydrogens (primary N) is 1. The third kappa shape index (κ3) is 33.2. The van der Waals surface area contributed by atoms with Gasteiger partial charge in [0, 0.05) is 75.4 Å². The van der Waals surface area contributed by atoms with E-state index in [4.69, 9.17) is 5.73 Å². The Balaban J connectivity index is 0.00000126. The maximum Gasteiger partial charge on any atom is 0.221 e. The average Bonchev–Trinajstić information content (AvgIpc) is 3.74. The standard InChI is InChI=1S/C29H44N6OS.C24H42N2O.C8H10N2O.2CH4/c1-5-7-9-11-13-15-19-35(20-16-14-12-10-8-6-2)25-17-18-27(28(21-25)31-24(4)36)32-33-29-26(22-30)23(3)34-37-29;1-4-6-8-10-12-14-19-26(20-15-13-11-9-7-5-2)24-18-16-17-23(21-24)25-22(3)27;1-6(11)10-8-4-2-3-7(9)5-8;;/h17-18,21H,5-16,19-20H2,1-4H3,(H,31,36);16-18,21H,4-15,19-20H2,1-3H3,(H,25,27);2-5H,9H2,1H3,(H,10,11);2*1H4. The van der Waals surface area contributed by atoms with E-state index in [1.165, 1.54) is 161 Å². The Morgan fingerprint density at radius 1 is 0.545 bits per heavy atom. The number of carbonyl (C=O) groups excluding carboxylic acids is 3. The molecule has 3 amide bonds. The van der Waals surface area contributed by atoms with Crippen LogP contribution in [0.3, 0.4) is 0 Å². The summed E-state index contributed by atoms with van der Waals surface area (Å²) in [5, 5.41) is 27.0. The van der Waals surface area contributed by atoms with E-state index in [1.54, 1.807) is 38.1 Å². The highest BCUT2D eigenvalue weighted by atomic mass is 32.1. The zero-order chi connectivity index (χ0) is 54.9. The van der Waals surface area contributed by atoms with Gasteiger partial charge in [-0.25, -0.2) is 0 Å². The number of unbranched alkanes of at least 4 members (excludes halogenated alkanes) is 20. The zero-order valence-electron chi connectivity index (χ0n) is 47.5. The molecule has 13 nitrogen and oxygen atoms in total. The van der Waals surface area contributed by atoms with Crippen LogP contribution in [-0.4, -0.2) is 48.3 Å². The van der Waals surface area contributed by atoms with Crippen molar-refractivity contribution in [3.05, 3.63) is 78.0 Å². The number of benzene rings is 3. The van der Waals surface area contributed by atoms with Crippen molar-refractivity contribution in [1.82, 2.24) is 4.37 Å². The molecule has 0 saturated carbocycles. The van der Waals surface area contributed by atoms with E-state index >= 15 is 0 Å². The molecule has 77 heavy (non-hydrogen) atoms. The number of nitrogens with one attached hydrogen (secondary N) is 3. The van der Waals surface area contributed by atoms with Crippen LogP contribution in [0.2, 0.25) is 0 Å².